The lowest BCUT2D eigenvalue weighted by atomic mass is 9.94. The molecule has 7 nitrogen and oxygen atoms in total. The van der Waals surface area contributed by atoms with E-state index in [0.29, 0.717) is 6.54 Å². The second-order valence-electron chi connectivity index (χ2n) is 9.08. The summed E-state index contributed by atoms with van der Waals surface area (Å²) < 4.78 is 0. The molecule has 0 radical (unpaired) electrons. The molecule has 0 spiro atoms. The lowest BCUT2D eigenvalue weighted by Crippen LogP contribution is -2.50. The van der Waals surface area contributed by atoms with Crippen LogP contribution < -0.4 is 5.32 Å². The molecule has 2 amide bonds. The molecular weight excluding hydrogens is 424 g/mol. The van der Waals surface area contributed by atoms with Gasteiger partial charge in [0.2, 0.25) is 0 Å². The summed E-state index contributed by atoms with van der Waals surface area (Å²) in [6.45, 7) is 8.57. The first kappa shape index (κ1) is 24.1. The van der Waals surface area contributed by atoms with Gasteiger partial charge in [-0.15, -0.1) is 0 Å². The zero-order valence-corrected chi connectivity index (χ0v) is 20.8. The van der Waals surface area contributed by atoms with E-state index in [9.17, 15) is 4.79 Å². The van der Waals surface area contributed by atoms with E-state index in [1.807, 2.05) is 43.0 Å². The van der Waals surface area contributed by atoms with Crippen molar-refractivity contribution < 1.29 is 4.79 Å². The van der Waals surface area contributed by atoms with E-state index in [1.165, 1.54) is 10.8 Å². The Morgan fingerprint density at radius 3 is 2.50 bits per heavy atom. The maximum absolute atomic E-state index is 12.7. The summed E-state index contributed by atoms with van der Waals surface area (Å²) in [5, 5.41) is 5.94. The number of carbonyl (C=O) groups excluding carboxylic acids is 1. The van der Waals surface area contributed by atoms with Crippen LogP contribution in [0.25, 0.3) is 22.0 Å². The molecule has 2 aromatic carbocycles. The van der Waals surface area contributed by atoms with Crippen LogP contribution in [0.4, 0.5) is 4.79 Å². The monoisotopic (exact) mass is 460 g/mol. The molecule has 0 unspecified atom stereocenters. The van der Waals surface area contributed by atoms with Crippen molar-refractivity contribution in [3.8, 4) is 11.3 Å². The molecule has 1 aromatic heterocycles. The molecule has 0 bridgehead atoms. The molecule has 0 saturated carbocycles. The largest absolute Gasteiger partial charge is 0.326 e. The summed E-state index contributed by atoms with van der Waals surface area (Å²) in [6.07, 6.45) is 2.80. The number of nitrogens with zero attached hydrogens (tertiary/aromatic N) is 5. The molecule has 4 rings (SSSR count). The molecule has 1 fully saturated rings. The molecular formula is C27H36N6O. The van der Waals surface area contributed by atoms with Crippen molar-refractivity contribution in [2.45, 2.75) is 25.8 Å². The molecule has 34 heavy (non-hydrogen) atoms. The molecule has 1 saturated heterocycles. The van der Waals surface area contributed by atoms with Crippen molar-refractivity contribution in [2.75, 3.05) is 53.4 Å². The van der Waals surface area contributed by atoms with Crippen LogP contribution in [-0.2, 0) is 5.54 Å². The Bertz CT molecular complexity index is 1120. The number of benzene rings is 2. The molecule has 1 N–H and O–H groups in total. The Morgan fingerprint density at radius 2 is 1.79 bits per heavy atom. The van der Waals surface area contributed by atoms with E-state index in [4.69, 9.17) is 9.97 Å². The highest BCUT2D eigenvalue weighted by molar-refractivity contribution is 5.86. The third-order valence-corrected chi connectivity index (χ3v) is 7.11. The predicted molar refractivity (Wildman–Crippen MR) is 138 cm³/mol. The number of rotatable bonds is 8. The zero-order valence-electron chi connectivity index (χ0n) is 20.8. The van der Waals surface area contributed by atoms with Gasteiger partial charge in [0.05, 0.1) is 11.2 Å². The summed E-state index contributed by atoms with van der Waals surface area (Å²) in [6, 6.07) is 16.9. The summed E-state index contributed by atoms with van der Waals surface area (Å²) in [4.78, 5) is 28.5. The van der Waals surface area contributed by atoms with Crippen LogP contribution >= 0.6 is 0 Å². The van der Waals surface area contributed by atoms with Gasteiger partial charge in [0.1, 0.15) is 0 Å². The van der Waals surface area contributed by atoms with Crippen molar-refractivity contribution in [3.63, 3.8) is 0 Å². The summed E-state index contributed by atoms with van der Waals surface area (Å²) in [5.74, 6) is 0.836. The van der Waals surface area contributed by atoms with E-state index >= 15 is 0 Å². The van der Waals surface area contributed by atoms with Gasteiger partial charge in [-0.1, -0.05) is 36.4 Å². The fourth-order valence-electron chi connectivity index (χ4n) is 4.80. The normalized spacial score (nSPS) is 17.9. The average molecular weight is 461 g/mol. The highest BCUT2D eigenvalue weighted by atomic mass is 16.2. The van der Waals surface area contributed by atoms with E-state index in [2.05, 4.69) is 59.7 Å². The minimum atomic E-state index is -0.300. The van der Waals surface area contributed by atoms with Gasteiger partial charge in [-0.05, 0) is 56.8 Å². The topological polar surface area (TPSA) is 64.6 Å². The van der Waals surface area contributed by atoms with Gasteiger partial charge in [0.25, 0.3) is 0 Å². The molecule has 1 aliphatic rings. The van der Waals surface area contributed by atoms with Crippen LogP contribution in [0.5, 0.6) is 0 Å². The first-order valence-electron chi connectivity index (χ1n) is 12.2. The van der Waals surface area contributed by atoms with Crippen molar-refractivity contribution in [3.05, 3.63) is 60.6 Å². The van der Waals surface area contributed by atoms with E-state index < -0.39 is 0 Å². The van der Waals surface area contributed by atoms with Crippen molar-refractivity contribution in [2.24, 2.45) is 0 Å². The van der Waals surface area contributed by atoms with Crippen LogP contribution in [0.15, 0.2) is 54.7 Å². The summed E-state index contributed by atoms with van der Waals surface area (Å²) >= 11 is 0. The lowest BCUT2D eigenvalue weighted by Gasteiger charge is -2.38. The van der Waals surface area contributed by atoms with Crippen molar-refractivity contribution >= 4 is 16.8 Å². The SMILES string of the molecule is CCN(CC)C(=O)N(C)CCN(C)[C@]1(c2nccc(-c3ccc4ccccc4c3)n2)CCNC1. The number of likely N-dealkylation sites (N-methyl/N-ethyl adjacent to an activating group) is 2. The maximum atomic E-state index is 12.7. The Balaban J connectivity index is 1.56. The van der Waals surface area contributed by atoms with Gasteiger partial charge in [0, 0.05) is 51.5 Å². The number of hydrogen-bond donors (Lipinski definition) is 1. The minimum Gasteiger partial charge on any atom is -0.326 e. The number of urea groups is 1. The summed E-state index contributed by atoms with van der Waals surface area (Å²) in [5.41, 5.74) is 1.73. The first-order chi connectivity index (χ1) is 16.5. The number of nitrogens with one attached hydrogen (secondary N) is 1. The minimum absolute atomic E-state index is 0.0755. The molecule has 7 heteroatoms. The smallest absolute Gasteiger partial charge is 0.319 e. The quantitative estimate of drug-likeness (QED) is 0.554. The molecule has 1 atom stereocenters. The van der Waals surface area contributed by atoms with Gasteiger partial charge < -0.3 is 15.1 Å². The highest BCUT2D eigenvalue weighted by Gasteiger charge is 2.42. The zero-order chi connectivity index (χ0) is 24.1. The van der Waals surface area contributed by atoms with E-state index in [-0.39, 0.29) is 11.6 Å². The number of aromatic nitrogens is 2. The highest BCUT2D eigenvalue weighted by Crippen LogP contribution is 2.33. The molecule has 0 aliphatic carbocycles. The van der Waals surface area contributed by atoms with E-state index in [0.717, 1.165) is 56.2 Å². The lowest BCUT2D eigenvalue weighted by molar-refractivity contribution is 0.110. The third kappa shape index (κ3) is 4.76. The van der Waals surface area contributed by atoms with Gasteiger partial charge in [-0.2, -0.15) is 0 Å². The number of carbonyl (C=O) groups is 1. The fourth-order valence-corrected chi connectivity index (χ4v) is 4.80. The molecule has 2 heterocycles. The van der Waals surface area contributed by atoms with Crippen molar-refractivity contribution in [1.29, 1.82) is 0 Å². The standard InChI is InChI=1S/C27H36N6O/c1-5-33(6-2)26(34)31(3)17-18-32(4)27(14-16-28-20-27)25-29-15-13-24(30-25)23-12-11-21-9-7-8-10-22(21)19-23/h7-13,15,19,28H,5-6,14,16-18,20H2,1-4H3/t27-/m1/s1. The number of hydrogen-bond acceptors (Lipinski definition) is 5. The van der Waals surface area contributed by atoms with Gasteiger partial charge >= 0.3 is 6.03 Å². The Labute approximate surface area is 202 Å². The Hall–Kier alpha value is -3.03. The van der Waals surface area contributed by atoms with Gasteiger partial charge in [0.15, 0.2) is 5.82 Å². The second-order valence-corrected chi connectivity index (χ2v) is 9.08. The predicted octanol–water partition coefficient (Wildman–Crippen LogP) is 3.81. The maximum Gasteiger partial charge on any atom is 0.319 e. The summed E-state index contributed by atoms with van der Waals surface area (Å²) in [7, 11) is 4.00. The second kappa shape index (κ2) is 10.5. The van der Waals surface area contributed by atoms with Crippen LogP contribution in [0.1, 0.15) is 26.1 Å². The van der Waals surface area contributed by atoms with Crippen LogP contribution in [0, 0.1) is 0 Å². The van der Waals surface area contributed by atoms with Gasteiger partial charge in [-0.3, -0.25) is 4.90 Å². The Morgan fingerprint density at radius 1 is 1.03 bits per heavy atom. The molecule has 1 aliphatic heterocycles. The van der Waals surface area contributed by atoms with Gasteiger partial charge in [-0.25, -0.2) is 14.8 Å². The van der Waals surface area contributed by atoms with Crippen LogP contribution in [0.2, 0.25) is 0 Å². The van der Waals surface area contributed by atoms with Crippen LogP contribution in [-0.4, -0.2) is 84.1 Å². The average Bonchev–Trinajstić information content (AvgIpc) is 3.39. The fraction of sp³-hybridized carbons (Fsp3) is 0.444. The first-order valence-corrected chi connectivity index (χ1v) is 12.2. The Kier molecular flexibility index (Phi) is 7.44. The van der Waals surface area contributed by atoms with Crippen LogP contribution in [0.3, 0.4) is 0 Å². The molecule has 3 aromatic rings. The number of fused-ring (bicyclic) bond motifs is 1. The van der Waals surface area contributed by atoms with Crippen molar-refractivity contribution in [1.82, 2.24) is 30.0 Å². The number of amides is 2. The third-order valence-electron chi connectivity index (χ3n) is 7.11. The molecule has 180 valence electrons. The van der Waals surface area contributed by atoms with E-state index in [1.54, 1.807) is 0 Å².